The van der Waals surface area contributed by atoms with Crippen LogP contribution in [0.5, 0.6) is 11.5 Å². The number of rotatable bonds is 14. The molecule has 0 aromatic heterocycles. The molecule has 0 fully saturated rings. The topological polar surface area (TPSA) is 46.2 Å². The monoisotopic (exact) mass is 482 g/mol. The number of methoxy groups -OCH3 is 2. The first-order chi connectivity index (χ1) is 14.6. The molecule has 0 N–H and O–H groups in total. The first kappa shape index (κ1) is 24.7. The van der Waals surface area contributed by atoms with Gasteiger partial charge in [0.05, 0.1) is 0 Å². The molecule has 2 aromatic rings. The maximum atomic E-state index is 6.20. The second-order valence-electron chi connectivity index (χ2n) is 7.02. The summed E-state index contributed by atoms with van der Waals surface area (Å²) in [5, 5.41) is 0.888. The Labute approximate surface area is 187 Å². The van der Waals surface area contributed by atoms with Crippen molar-refractivity contribution < 1.29 is 23.7 Å². The summed E-state index contributed by atoms with van der Waals surface area (Å²) in [6.45, 7) is 7.79. The first-order valence-corrected chi connectivity index (χ1v) is 12.4. The Balaban J connectivity index is 2.26. The number of hydrogen-bond donors (Lipinski definition) is 0. The molecule has 0 heterocycles. The van der Waals surface area contributed by atoms with Crippen LogP contribution in [0.2, 0.25) is 5.32 Å². The van der Waals surface area contributed by atoms with Gasteiger partial charge in [0.25, 0.3) is 0 Å². The van der Waals surface area contributed by atoms with Crippen molar-refractivity contribution in [2.45, 2.75) is 44.4 Å². The summed E-state index contributed by atoms with van der Waals surface area (Å²) >= 11 is 0.0845. The minimum atomic E-state index is -0.0481. The van der Waals surface area contributed by atoms with Crippen molar-refractivity contribution >= 4 is 19.4 Å². The third kappa shape index (κ3) is 7.93. The fraction of sp³-hybridized carbons (Fsp3) is 0.500. The van der Waals surface area contributed by atoms with E-state index in [0.717, 1.165) is 21.3 Å². The van der Waals surface area contributed by atoms with E-state index in [9.17, 15) is 0 Å². The Kier molecular flexibility index (Phi) is 11.3. The van der Waals surface area contributed by atoms with Gasteiger partial charge in [-0.3, -0.25) is 0 Å². The van der Waals surface area contributed by atoms with E-state index in [-0.39, 0.29) is 33.3 Å². The van der Waals surface area contributed by atoms with Crippen molar-refractivity contribution in [1.29, 1.82) is 0 Å². The van der Waals surface area contributed by atoms with E-state index in [0.29, 0.717) is 19.8 Å². The summed E-state index contributed by atoms with van der Waals surface area (Å²) in [7, 11) is 3.37. The van der Waals surface area contributed by atoms with Crippen molar-refractivity contribution in [3.8, 4) is 11.5 Å². The van der Waals surface area contributed by atoms with Crippen LogP contribution in [0.15, 0.2) is 48.5 Å². The van der Waals surface area contributed by atoms with Crippen molar-refractivity contribution in [2.75, 3.05) is 34.0 Å². The maximum absolute atomic E-state index is 6.20. The molecule has 2 aromatic carbocycles. The molecule has 0 saturated heterocycles. The van der Waals surface area contributed by atoms with Gasteiger partial charge in [0.1, 0.15) is 0 Å². The third-order valence-electron chi connectivity index (χ3n) is 4.32. The van der Waals surface area contributed by atoms with E-state index in [1.54, 1.807) is 14.2 Å². The molecule has 2 rings (SSSR count). The molecule has 166 valence electrons. The molecule has 5 nitrogen and oxygen atoms in total. The van der Waals surface area contributed by atoms with Gasteiger partial charge in [-0.15, -0.1) is 0 Å². The molecule has 3 atom stereocenters. The van der Waals surface area contributed by atoms with Gasteiger partial charge >= 0.3 is 187 Å². The second-order valence-corrected chi connectivity index (χ2v) is 9.18. The Hall–Kier alpha value is -1.56. The van der Waals surface area contributed by atoms with Crippen LogP contribution in [-0.4, -0.2) is 61.2 Å². The fourth-order valence-corrected chi connectivity index (χ4v) is 5.42. The van der Waals surface area contributed by atoms with Crippen LogP contribution in [0.3, 0.4) is 0 Å². The second kappa shape index (κ2) is 13.7. The normalized spacial score (nSPS) is 14.2. The van der Waals surface area contributed by atoms with Crippen molar-refractivity contribution in [1.82, 2.24) is 0 Å². The molecular formula is C24H34O5Se. The van der Waals surface area contributed by atoms with Crippen LogP contribution >= 0.6 is 0 Å². The van der Waals surface area contributed by atoms with Gasteiger partial charge in [-0.05, 0) is 0 Å². The number of hydrogen-bond acceptors (Lipinski definition) is 5. The zero-order valence-electron chi connectivity index (χ0n) is 18.6. The molecule has 0 aliphatic heterocycles. The quantitative estimate of drug-likeness (QED) is 0.381. The van der Waals surface area contributed by atoms with Gasteiger partial charge in [-0.2, -0.15) is 0 Å². The molecule has 30 heavy (non-hydrogen) atoms. The molecule has 0 aliphatic rings. The van der Waals surface area contributed by atoms with Crippen LogP contribution in [-0.2, 0) is 14.2 Å². The predicted molar refractivity (Wildman–Crippen MR) is 121 cm³/mol. The SMILES string of the molecule is CCOC(C[Se]c1c(O[C@H](C)COC)cccc1O[C@H](C)COC)c1ccccc1. The molecule has 0 bridgehead atoms. The Morgan fingerprint density at radius 1 is 0.800 bits per heavy atom. The molecule has 0 aliphatic carbocycles. The average Bonchev–Trinajstić information content (AvgIpc) is 2.73. The number of ether oxygens (including phenoxy) is 5. The molecular weight excluding hydrogens is 447 g/mol. The minimum absolute atomic E-state index is 0.0462. The average molecular weight is 481 g/mol. The van der Waals surface area contributed by atoms with E-state index in [4.69, 9.17) is 23.7 Å². The van der Waals surface area contributed by atoms with Gasteiger partial charge in [-0.1, -0.05) is 0 Å². The van der Waals surface area contributed by atoms with Crippen molar-refractivity contribution in [3.05, 3.63) is 54.1 Å². The van der Waals surface area contributed by atoms with E-state index >= 15 is 0 Å². The van der Waals surface area contributed by atoms with Crippen molar-refractivity contribution in [3.63, 3.8) is 0 Å². The molecule has 0 amide bonds. The van der Waals surface area contributed by atoms with E-state index < -0.39 is 0 Å². The molecule has 1 unspecified atom stereocenters. The summed E-state index contributed by atoms with van der Waals surface area (Å²) in [4.78, 5) is 0. The van der Waals surface area contributed by atoms with Crippen LogP contribution < -0.4 is 13.9 Å². The van der Waals surface area contributed by atoms with Gasteiger partial charge < -0.3 is 0 Å². The molecule has 0 spiro atoms. The zero-order valence-corrected chi connectivity index (χ0v) is 20.3. The van der Waals surface area contributed by atoms with Crippen molar-refractivity contribution in [2.24, 2.45) is 0 Å². The Morgan fingerprint density at radius 2 is 1.37 bits per heavy atom. The standard InChI is InChI=1S/C24H34O5Se/c1-6-27-23(20-11-8-7-9-12-20)17-30-24-21(28-18(2)15-25-4)13-10-14-22(24)29-19(3)16-26-5/h7-14,18-19,23H,6,15-17H2,1-5H3/t18-,19-,23?/m1/s1. The van der Waals surface area contributed by atoms with Gasteiger partial charge in [-0.25, -0.2) is 0 Å². The van der Waals surface area contributed by atoms with Gasteiger partial charge in [0.2, 0.25) is 0 Å². The first-order valence-electron chi connectivity index (χ1n) is 10.3. The summed E-state index contributed by atoms with van der Waals surface area (Å²) in [6, 6.07) is 16.4. The Bertz CT molecular complexity index is 693. The Morgan fingerprint density at radius 3 is 1.87 bits per heavy atom. The summed E-state index contributed by atoms with van der Waals surface area (Å²) in [5.74, 6) is 1.70. The van der Waals surface area contributed by atoms with Crippen LogP contribution in [0.25, 0.3) is 0 Å². The predicted octanol–water partition coefficient (Wildman–Crippen LogP) is 4.04. The van der Waals surface area contributed by atoms with Gasteiger partial charge in [0, 0.05) is 0 Å². The molecule has 6 heteroatoms. The summed E-state index contributed by atoms with van der Waals surface area (Å²) in [6.07, 6.45) is -0.0501. The van der Waals surface area contributed by atoms with E-state index in [1.807, 2.05) is 45.0 Å². The molecule has 0 radical (unpaired) electrons. The number of benzene rings is 2. The van der Waals surface area contributed by atoms with Crippen LogP contribution in [0.1, 0.15) is 32.4 Å². The van der Waals surface area contributed by atoms with E-state index in [2.05, 4.69) is 24.3 Å². The summed E-state index contributed by atoms with van der Waals surface area (Å²) < 4.78 is 30.1. The van der Waals surface area contributed by atoms with Crippen LogP contribution in [0.4, 0.5) is 0 Å². The zero-order chi connectivity index (χ0) is 21.8. The van der Waals surface area contributed by atoms with Gasteiger partial charge in [0.15, 0.2) is 0 Å². The summed E-state index contributed by atoms with van der Waals surface area (Å²) in [5.41, 5.74) is 1.20. The van der Waals surface area contributed by atoms with Crippen LogP contribution in [0, 0.1) is 0 Å². The van der Waals surface area contributed by atoms with E-state index in [1.165, 1.54) is 5.56 Å². The third-order valence-corrected chi connectivity index (χ3v) is 6.75. The fourth-order valence-electron chi connectivity index (χ4n) is 3.06. The molecule has 0 saturated carbocycles.